The largest absolute Gasteiger partial charge is 0.487 e. The van der Waals surface area contributed by atoms with Gasteiger partial charge in [0.1, 0.15) is 17.1 Å². The molecule has 1 aromatic rings. The highest BCUT2D eigenvalue weighted by Gasteiger charge is 2.34. The van der Waals surface area contributed by atoms with E-state index in [1.165, 1.54) is 63.9 Å². The van der Waals surface area contributed by atoms with Crippen molar-refractivity contribution in [2.75, 3.05) is 0 Å². The van der Waals surface area contributed by atoms with Gasteiger partial charge >= 0.3 is 5.97 Å². The van der Waals surface area contributed by atoms with Crippen LogP contribution in [-0.4, -0.2) is 11.6 Å². The first kappa shape index (κ1) is 22.8. The number of fused-ring (bicyclic) bond motifs is 1. The quantitative estimate of drug-likeness (QED) is 0.242. The molecular formula is C25H40O3. The van der Waals surface area contributed by atoms with Crippen LogP contribution in [0.5, 0.6) is 11.5 Å². The standard InChI is InChI=1S/C25H40O3/c1-7-8-9-10-11-12-13-14-16-25(6)17-15-22-20(4)23(27-21(5)26)18(2)19(3)24(22)28-25/h7-17H2,1-6H3/t25-/m0/s1. The minimum Gasteiger partial charge on any atom is -0.487 e. The van der Waals surface area contributed by atoms with Crippen LogP contribution < -0.4 is 9.47 Å². The van der Waals surface area contributed by atoms with E-state index in [1.54, 1.807) is 0 Å². The molecular weight excluding hydrogens is 348 g/mol. The van der Waals surface area contributed by atoms with Gasteiger partial charge in [-0.1, -0.05) is 51.9 Å². The number of carbonyl (C=O) groups excluding carboxylic acids is 1. The molecule has 1 atom stereocenters. The lowest BCUT2D eigenvalue weighted by Gasteiger charge is -2.38. The minimum absolute atomic E-state index is 0.0815. The maximum Gasteiger partial charge on any atom is 0.308 e. The predicted molar refractivity (Wildman–Crippen MR) is 117 cm³/mol. The van der Waals surface area contributed by atoms with Crippen LogP contribution in [0.1, 0.15) is 107 Å². The van der Waals surface area contributed by atoms with Crippen LogP contribution in [0, 0.1) is 20.8 Å². The second kappa shape index (κ2) is 10.3. The van der Waals surface area contributed by atoms with Crippen molar-refractivity contribution >= 4 is 5.97 Å². The number of benzene rings is 1. The number of esters is 1. The van der Waals surface area contributed by atoms with Crippen LogP contribution in [0.2, 0.25) is 0 Å². The highest BCUT2D eigenvalue weighted by molar-refractivity contribution is 5.72. The molecule has 1 aliphatic rings. The first-order valence-electron chi connectivity index (χ1n) is 11.3. The van der Waals surface area contributed by atoms with E-state index in [2.05, 4.69) is 20.8 Å². The molecule has 0 aromatic heterocycles. The molecule has 0 aliphatic carbocycles. The summed E-state index contributed by atoms with van der Waals surface area (Å²) in [7, 11) is 0. The van der Waals surface area contributed by atoms with Crippen LogP contribution in [0.3, 0.4) is 0 Å². The third-order valence-electron chi connectivity index (χ3n) is 6.37. The summed E-state index contributed by atoms with van der Waals surface area (Å²) >= 11 is 0. The number of rotatable bonds is 10. The van der Waals surface area contributed by atoms with Crippen molar-refractivity contribution in [3.05, 3.63) is 22.3 Å². The Bertz CT molecular complexity index is 677. The summed E-state index contributed by atoms with van der Waals surface area (Å²) in [6, 6.07) is 0. The van der Waals surface area contributed by atoms with Gasteiger partial charge < -0.3 is 9.47 Å². The van der Waals surface area contributed by atoms with E-state index >= 15 is 0 Å². The first-order valence-corrected chi connectivity index (χ1v) is 11.3. The van der Waals surface area contributed by atoms with Gasteiger partial charge in [0.2, 0.25) is 0 Å². The summed E-state index contributed by atoms with van der Waals surface area (Å²) in [5, 5.41) is 0. The Morgan fingerprint density at radius 2 is 1.57 bits per heavy atom. The second-order valence-corrected chi connectivity index (χ2v) is 8.88. The van der Waals surface area contributed by atoms with Crippen molar-refractivity contribution < 1.29 is 14.3 Å². The molecule has 158 valence electrons. The molecule has 28 heavy (non-hydrogen) atoms. The molecule has 0 bridgehead atoms. The third-order valence-corrected chi connectivity index (χ3v) is 6.37. The van der Waals surface area contributed by atoms with Gasteiger partial charge in [0.15, 0.2) is 0 Å². The van der Waals surface area contributed by atoms with E-state index in [-0.39, 0.29) is 11.6 Å². The summed E-state index contributed by atoms with van der Waals surface area (Å²) in [5.41, 5.74) is 4.32. The van der Waals surface area contributed by atoms with Gasteiger partial charge in [0.25, 0.3) is 0 Å². The fourth-order valence-electron chi connectivity index (χ4n) is 4.39. The van der Waals surface area contributed by atoms with Gasteiger partial charge in [-0.25, -0.2) is 0 Å². The summed E-state index contributed by atoms with van der Waals surface area (Å²) in [6.07, 6.45) is 13.9. The molecule has 0 unspecified atom stereocenters. The van der Waals surface area contributed by atoms with Crippen LogP contribution >= 0.6 is 0 Å². The molecule has 3 nitrogen and oxygen atoms in total. The van der Waals surface area contributed by atoms with Gasteiger partial charge in [-0.15, -0.1) is 0 Å². The number of ether oxygens (including phenoxy) is 2. The van der Waals surface area contributed by atoms with E-state index in [0.717, 1.165) is 47.5 Å². The van der Waals surface area contributed by atoms with Gasteiger partial charge in [0, 0.05) is 12.5 Å². The maximum absolute atomic E-state index is 11.5. The first-order chi connectivity index (χ1) is 13.3. The number of unbranched alkanes of at least 4 members (excludes halogenated alkanes) is 7. The number of hydrogen-bond donors (Lipinski definition) is 0. The lowest BCUT2D eigenvalue weighted by molar-refractivity contribution is -0.132. The Kier molecular flexibility index (Phi) is 8.39. The van der Waals surface area contributed by atoms with Gasteiger partial charge in [-0.3, -0.25) is 4.79 Å². The lowest BCUT2D eigenvalue weighted by Crippen LogP contribution is -2.37. The molecule has 0 saturated heterocycles. The predicted octanol–water partition coefficient (Wildman–Crippen LogP) is 7.15. The molecule has 0 fully saturated rings. The van der Waals surface area contributed by atoms with Gasteiger partial charge in [0.05, 0.1) is 0 Å². The average Bonchev–Trinajstić information content (AvgIpc) is 2.65. The molecule has 1 aromatic carbocycles. The monoisotopic (exact) mass is 388 g/mol. The zero-order valence-corrected chi connectivity index (χ0v) is 19.0. The van der Waals surface area contributed by atoms with Crippen LogP contribution in [-0.2, 0) is 11.2 Å². The molecule has 2 rings (SSSR count). The van der Waals surface area contributed by atoms with Crippen molar-refractivity contribution in [2.24, 2.45) is 0 Å². The Balaban J connectivity index is 1.96. The smallest absolute Gasteiger partial charge is 0.308 e. The highest BCUT2D eigenvalue weighted by atomic mass is 16.5. The van der Waals surface area contributed by atoms with E-state index in [0.29, 0.717) is 0 Å². The van der Waals surface area contributed by atoms with Crippen molar-refractivity contribution in [3.8, 4) is 11.5 Å². The molecule has 0 radical (unpaired) electrons. The summed E-state index contributed by atoms with van der Waals surface area (Å²) in [5.74, 6) is 1.49. The highest BCUT2D eigenvalue weighted by Crippen LogP contribution is 2.44. The third kappa shape index (κ3) is 5.75. The minimum atomic E-state index is -0.262. The van der Waals surface area contributed by atoms with Crippen LogP contribution in [0.4, 0.5) is 0 Å². The molecule has 1 heterocycles. The maximum atomic E-state index is 11.5. The lowest BCUT2D eigenvalue weighted by atomic mass is 9.84. The van der Waals surface area contributed by atoms with Crippen molar-refractivity contribution in [3.63, 3.8) is 0 Å². The van der Waals surface area contributed by atoms with Crippen molar-refractivity contribution in [2.45, 2.75) is 118 Å². The SMILES string of the molecule is CCCCCCCCCC[C@@]1(C)CCc2c(C)c(OC(C)=O)c(C)c(C)c2O1. The van der Waals surface area contributed by atoms with Crippen molar-refractivity contribution in [1.29, 1.82) is 0 Å². The molecule has 0 N–H and O–H groups in total. The molecule has 0 spiro atoms. The Hall–Kier alpha value is -1.51. The number of carbonyl (C=O) groups is 1. The Morgan fingerprint density at radius 1 is 0.964 bits per heavy atom. The van der Waals surface area contributed by atoms with E-state index < -0.39 is 0 Å². The molecule has 1 aliphatic heterocycles. The number of hydrogen-bond acceptors (Lipinski definition) is 3. The van der Waals surface area contributed by atoms with Crippen LogP contribution in [0.15, 0.2) is 0 Å². The topological polar surface area (TPSA) is 35.5 Å². The fraction of sp³-hybridized carbons (Fsp3) is 0.720. The summed E-state index contributed by atoms with van der Waals surface area (Å²) in [4.78, 5) is 11.5. The fourth-order valence-corrected chi connectivity index (χ4v) is 4.39. The van der Waals surface area contributed by atoms with E-state index in [1.807, 2.05) is 13.8 Å². The normalized spacial score (nSPS) is 18.5. The molecule has 0 saturated carbocycles. The van der Waals surface area contributed by atoms with Crippen LogP contribution in [0.25, 0.3) is 0 Å². The Morgan fingerprint density at radius 3 is 2.18 bits per heavy atom. The van der Waals surface area contributed by atoms with E-state index in [9.17, 15) is 4.79 Å². The zero-order valence-electron chi connectivity index (χ0n) is 19.0. The molecule has 3 heteroatoms. The van der Waals surface area contributed by atoms with E-state index in [4.69, 9.17) is 9.47 Å². The second-order valence-electron chi connectivity index (χ2n) is 8.88. The van der Waals surface area contributed by atoms with Gasteiger partial charge in [-0.05, 0) is 70.1 Å². The summed E-state index contributed by atoms with van der Waals surface area (Å²) < 4.78 is 12.1. The van der Waals surface area contributed by atoms with Gasteiger partial charge in [-0.2, -0.15) is 0 Å². The summed E-state index contributed by atoms with van der Waals surface area (Å²) in [6.45, 7) is 12.2. The Labute approximate surface area is 172 Å². The molecule has 0 amide bonds. The zero-order chi connectivity index (χ0) is 20.7. The van der Waals surface area contributed by atoms with Crippen molar-refractivity contribution in [1.82, 2.24) is 0 Å². The average molecular weight is 389 g/mol.